The molecule has 0 spiro atoms. The molecule has 1 N–H and O–H groups in total. The van der Waals surface area contributed by atoms with Crippen molar-refractivity contribution in [3.05, 3.63) is 34.4 Å². The van der Waals surface area contributed by atoms with Crippen LogP contribution in [0.1, 0.15) is 36.1 Å². The van der Waals surface area contributed by atoms with Gasteiger partial charge >= 0.3 is 5.97 Å². The van der Waals surface area contributed by atoms with Crippen molar-refractivity contribution in [1.82, 2.24) is 5.32 Å². The molecule has 0 saturated carbocycles. The highest BCUT2D eigenvalue weighted by atomic mass is 32.2. The Balaban J connectivity index is 1.95. The highest BCUT2D eigenvalue weighted by Gasteiger charge is 2.46. The third-order valence-corrected chi connectivity index (χ3v) is 5.13. The van der Waals surface area contributed by atoms with E-state index >= 15 is 0 Å². The average molecular weight is 337 g/mol. The topological polar surface area (TPSA) is 81.7 Å². The van der Waals surface area contributed by atoms with Gasteiger partial charge in [-0.15, -0.1) is 0 Å². The number of fused-ring (bicyclic) bond motifs is 2. The van der Waals surface area contributed by atoms with Gasteiger partial charge < -0.3 is 10.1 Å². The van der Waals surface area contributed by atoms with E-state index in [0.29, 0.717) is 25.2 Å². The van der Waals surface area contributed by atoms with Crippen LogP contribution in [-0.2, 0) is 54.8 Å². The minimum absolute atomic E-state index is 0.264. The number of hydrogen-bond acceptors (Lipinski definition) is 5. The van der Waals surface area contributed by atoms with E-state index in [0.717, 1.165) is 22.3 Å². The van der Waals surface area contributed by atoms with E-state index in [1.165, 1.54) is 6.92 Å². The van der Waals surface area contributed by atoms with Crippen LogP contribution in [0.15, 0.2) is 12.1 Å². The molecule has 0 radical (unpaired) electrons. The van der Waals surface area contributed by atoms with Crippen LogP contribution in [-0.4, -0.2) is 28.2 Å². The number of carbonyl (C=O) groups excluding carboxylic acids is 2. The maximum Gasteiger partial charge on any atom is 0.332 e. The first kappa shape index (κ1) is 16.1. The Bertz CT molecular complexity index is 702. The van der Waals surface area contributed by atoms with Gasteiger partial charge in [0.25, 0.3) is 0 Å². The number of hydrogen-bond donors (Lipinski definition) is 1. The molecule has 2 atom stereocenters. The second kappa shape index (κ2) is 6.05. The van der Waals surface area contributed by atoms with Gasteiger partial charge in [-0.25, -0.2) is 9.00 Å². The van der Waals surface area contributed by atoms with Gasteiger partial charge in [-0.1, -0.05) is 12.1 Å². The zero-order chi connectivity index (χ0) is 16.6. The predicted octanol–water partition coefficient (Wildman–Crippen LogP) is 0.917. The molecular formula is C16H19NO5S. The molecule has 0 bridgehead atoms. The normalized spacial score (nSPS) is 25.4. The van der Waals surface area contributed by atoms with Crippen molar-refractivity contribution in [3.63, 3.8) is 0 Å². The Morgan fingerprint density at radius 3 is 2.52 bits per heavy atom. The average Bonchev–Trinajstić information content (AvgIpc) is 2.82. The number of carbonyl (C=O) groups is 2. The molecule has 6 nitrogen and oxygen atoms in total. The zero-order valence-corrected chi connectivity index (χ0v) is 14.0. The zero-order valence-electron chi connectivity index (χ0n) is 13.1. The highest BCUT2D eigenvalue weighted by molar-refractivity contribution is 7.79. The molecule has 7 heteroatoms. The minimum atomic E-state index is -1.30. The van der Waals surface area contributed by atoms with Crippen LogP contribution in [0.25, 0.3) is 0 Å². The molecule has 124 valence electrons. The summed E-state index contributed by atoms with van der Waals surface area (Å²) >= 11 is -1.30. The van der Waals surface area contributed by atoms with Crippen molar-refractivity contribution >= 4 is 23.0 Å². The van der Waals surface area contributed by atoms with Crippen LogP contribution < -0.4 is 5.32 Å². The Morgan fingerprint density at radius 1 is 1.26 bits per heavy atom. The second-order valence-electron chi connectivity index (χ2n) is 5.94. The van der Waals surface area contributed by atoms with Crippen molar-refractivity contribution in [2.45, 2.75) is 44.6 Å². The molecule has 1 aliphatic heterocycles. The SMILES string of the molecule is CCOC(=O)C1(NC(C)=O)Cc2cc3c(cc2C1)CS(=O)OC3. The fraction of sp³-hybridized carbons (Fsp3) is 0.500. The van der Waals surface area contributed by atoms with Crippen molar-refractivity contribution < 1.29 is 22.7 Å². The molecule has 0 aromatic heterocycles. The first-order valence-corrected chi connectivity index (χ1v) is 8.79. The molecule has 0 fully saturated rings. The van der Waals surface area contributed by atoms with E-state index in [9.17, 15) is 13.8 Å². The molecule has 1 aliphatic carbocycles. The van der Waals surface area contributed by atoms with Gasteiger partial charge in [-0.3, -0.25) is 8.98 Å². The number of benzene rings is 1. The maximum atomic E-state index is 12.4. The van der Waals surface area contributed by atoms with E-state index < -0.39 is 22.6 Å². The number of rotatable bonds is 3. The van der Waals surface area contributed by atoms with Crippen molar-refractivity contribution in [2.24, 2.45) is 0 Å². The molecule has 2 aliphatic rings. The molecule has 2 unspecified atom stereocenters. The summed E-state index contributed by atoms with van der Waals surface area (Å²) in [4.78, 5) is 24.0. The molecule has 0 saturated heterocycles. The lowest BCUT2D eigenvalue weighted by atomic mass is 9.95. The summed E-state index contributed by atoms with van der Waals surface area (Å²) in [5.74, 6) is -0.320. The molecule has 1 heterocycles. The smallest absolute Gasteiger partial charge is 0.332 e. The van der Waals surface area contributed by atoms with Gasteiger partial charge in [0.15, 0.2) is 11.1 Å². The molecule has 1 amide bonds. The summed E-state index contributed by atoms with van der Waals surface area (Å²) in [5, 5.41) is 2.78. The first-order valence-electron chi connectivity index (χ1n) is 7.54. The van der Waals surface area contributed by atoms with Crippen LogP contribution in [0, 0.1) is 0 Å². The summed E-state index contributed by atoms with van der Waals surface area (Å²) < 4.78 is 21.9. The Morgan fingerprint density at radius 2 is 1.91 bits per heavy atom. The Hall–Kier alpha value is -1.73. The Labute approximate surface area is 137 Å². The van der Waals surface area contributed by atoms with Crippen LogP contribution >= 0.6 is 0 Å². The molecule has 3 rings (SSSR count). The number of ether oxygens (including phenoxy) is 1. The number of esters is 1. The van der Waals surface area contributed by atoms with Crippen LogP contribution in [0.4, 0.5) is 0 Å². The van der Waals surface area contributed by atoms with Gasteiger partial charge in [-0.05, 0) is 29.2 Å². The van der Waals surface area contributed by atoms with Gasteiger partial charge in [-0.2, -0.15) is 0 Å². The van der Waals surface area contributed by atoms with E-state index in [4.69, 9.17) is 8.92 Å². The van der Waals surface area contributed by atoms with Crippen LogP contribution in [0.3, 0.4) is 0 Å². The molecule has 1 aromatic rings. The van der Waals surface area contributed by atoms with Crippen LogP contribution in [0.5, 0.6) is 0 Å². The van der Waals surface area contributed by atoms with E-state index in [1.807, 2.05) is 12.1 Å². The number of nitrogens with one attached hydrogen (secondary N) is 1. The largest absolute Gasteiger partial charge is 0.464 e. The van der Waals surface area contributed by atoms with E-state index in [1.54, 1.807) is 6.92 Å². The van der Waals surface area contributed by atoms with Gasteiger partial charge in [0.05, 0.1) is 19.0 Å². The lowest BCUT2D eigenvalue weighted by Crippen LogP contribution is -2.55. The fourth-order valence-electron chi connectivity index (χ4n) is 3.29. The van der Waals surface area contributed by atoms with E-state index in [-0.39, 0.29) is 12.5 Å². The summed E-state index contributed by atoms with van der Waals surface area (Å²) in [5.41, 5.74) is 2.92. The van der Waals surface area contributed by atoms with Crippen molar-refractivity contribution in [2.75, 3.05) is 6.61 Å². The summed E-state index contributed by atoms with van der Waals surface area (Å²) in [6, 6.07) is 3.97. The maximum absolute atomic E-state index is 12.4. The van der Waals surface area contributed by atoms with Crippen molar-refractivity contribution in [3.8, 4) is 0 Å². The first-order chi connectivity index (χ1) is 10.9. The standard InChI is InChI=1S/C16H19NO5S/c1-3-21-15(19)16(17-10(2)18)6-11-4-13-8-22-23(20)9-14(13)5-12(11)7-16/h4-5H,3,6-9H2,1-2H3,(H,17,18). The van der Waals surface area contributed by atoms with Crippen molar-refractivity contribution in [1.29, 1.82) is 0 Å². The highest BCUT2D eigenvalue weighted by Crippen LogP contribution is 2.35. The minimum Gasteiger partial charge on any atom is -0.464 e. The van der Waals surface area contributed by atoms with Gasteiger partial charge in [0, 0.05) is 19.8 Å². The fourth-order valence-corrected chi connectivity index (χ4v) is 4.15. The van der Waals surface area contributed by atoms with Gasteiger partial charge in [0.2, 0.25) is 5.91 Å². The summed E-state index contributed by atoms with van der Waals surface area (Å²) in [6.45, 7) is 3.71. The third-order valence-electron chi connectivity index (χ3n) is 4.21. The number of amides is 1. The molecular weight excluding hydrogens is 318 g/mol. The van der Waals surface area contributed by atoms with Gasteiger partial charge in [0.1, 0.15) is 5.54 Å². The lowest BCUT2D eigenvalue weighted by molar-refractivity contribution is -0.152. The molecule has 23 heavy (non-hydrogen) atoms. The molecule has 1 aromatic carbocycles. The monoisotopic (exact) mass is 337 g/mol. The van der Waals surface area contributed by atoms with Crippen LogP contribution in [0.2, 0.25) is 0 Å². The quantitative estimate of drug-likeness (QED) is 0.830. The second-order valence-corrected chi connectivity index (χ2v) is 7.07. The summed E-state index contributed by atoms with van der Waals surface area (Å²) in [7, 11) is 0. The van der Waals surface area contributed by atoms with E-state index in [2.05, 4.69) is 5.32 Å². The predicted molar refractivity (Wildman–Crippen MR) is 83.7 cm³/mol. The summed E-state index contributed by atoms with van der Waals surface area (Å²) in [6.07, 6.45) is 0.790. The lowest BCUT2D eigenvalue weighted by Gasteiger charge is -2.27. The Kier molecular flexibility index (Phi) is 4.25. The third kappa shape index (κ3) is 3.03.